The molecule has 5 rings (SSSR count). The van der Waals surface area contributed by atoms with Crippen molar-refractivity contribution in [3.63, 3.8) is 0 Å². The molecule has 0 aliphatic carbocycles. The molecule has 0 N–H and O–H groups in total. The summed E-state index contributed by atoms with van der Waals surface area (Å²) >= 11 is 0. The normalized spacial score (nSPS) is 13.1. The third-order valence-corrected chi connectivity index (χ3v) is 4.65. The van der Waals surface area contributed by atoms with Gasteiger partial charge < -0.3 is 14.2 Å². The molecule has 0 bridgehead atoms. The van der Waals surface area contributed by atoms with Gasteiger partial charge in [-0.1, -0.05) is 18.2 Å². The van der Waals surface area contributed by atoms with Crippen LogP contribution in [0.15, 0.2) is 64.9 Å². The van der Waals surface area contributed by atoms with Gasteiger partial charge in [0, 0.05) is 5.56 Å². The van der Waals surface area contributed by atoms with Crippen molar-refractivity contribution >= 4 is 17.2 Å². The van der Waals surface area contributed by atoms with E-state index in [9.17, 15) is 4.79 Å². The van der Waals surface area contributed by atoms with E-state index in [0.717, 1.165) is 5.69 Å². The molecule has 2 aromatic carbocycles. The van der Waals surface area contributed by atoms with Crippen molar-refractivity contribution in [1.29, 1.82) is 0 Å². The van der Waals surface area contributed by atoms with E-state index in [2.05, 4.69) is 15.2 Å². The zero-order valence-electron chi connectivity index (χ0n) is 16.1. The zero-order valence-corrected chi connectivity index (χ0v) is 16.1. The van der Waals surface area contributed by atoms with Gasteiger partial charge in [-0.25, -0.2) is 9.67 Å². The van der Waals surface area contributed by atoms with Crippen LogP contribution >= 0.6 is 0 Å². The highest BCUT2D eigenvalue weighted by atomic mass is 16.6. The van der Waals surface area contributed by atoms with E-state index in [1.54, 1.807) is 23.9 Å². The second-order valence-electron chi connectivity index (χ2n) is 6.52. The minimum absolute atomic E-state index is 0.317. The molecule has 0 radical (unpaired) electrons. The summed E-state index contributed by atoms with van der Waals surface area (Å²) in [6.45, 7) is 0.927. The Hall–Kier alpha value is -4.14. The highest BCUT2D eigenvalue weighted by molar-refractivity contribution is 5.82. The Kier molecular flexibility index (Phi) is 4.40. The van der Waals surface area contributed by atoms with Gasteiger partial charge in [-0.05, 0) is 24.3 Å². The van der Waals surface area contributed by atoms with Gasteiger partial charge in [-0.3, -0.25) is 4.79 Å². The van der Waals surface area contributed by atoms with Crippen molar-refractivity contribution < 1.29 is 14.2 Å². The monoisotopic (exact) mass is 403 g/mol. The van der Waals surface area contributed by atoms with Gasteiger partial charge >= 0.3 is 0 Å². The Labute approximate surface area is 170 Å². The summed E-state index contributed by atoms with van der Waals surface area (Å²) in [5.41, 5.74) is 1.67. The van der Waals surface area contributed by atoms with Crippen LogP contribution in [0, 0.1) is 0 Å². The third kappa shape index (κ3) is 3.06. The highest BCUT2D eigenvalue weighted by Gasteiger charge is 2.18. The maximum absolute atomic E-state index is 12.8. The van der Waals surface area contributed by atoms with Crippen LogP contribution in [0.25, 0.3) is 16.7 Å². The molecule has 1 aliphatic heterocycles. The lowest BCUT2D eigenvalue weighted by Crippen LogP contribution is -2.17. The second kappa shape index (κ2) is 7.36. The lowest BCUT2D eigenvalue weighted by Gasteiger charge is -2.20. The summed E-state index contributed by atoms with van der Waals surface area (Å²) in [7, 11) is 1.56. The quantitative estimate of drug-likeness (QED) is 0.485. The maximum atomic E-state index is 12.8. The first-order valence-corrected chi connectivity index (χ1v) is 9.27. The topological polar surface area (TPSA) is 92.8 Å². The Morgan fingerprint density at radius 1 is 1.17 bits per heavy atom. The molecule has 4 aromatic rings. The molecule has 0 atom stereocenters. The first kappa shape index (κ1) is 17.9. The fourth-order valence-electron chi connectivity index (χ4n) is 3.24. The third-order valence-electron chi connectivity index (χ3n) is 4.65. The van der Waals surface area contributed by atoms with Crippen LogP contribution in [0.4, 0.5) is 0 Å². The predicted molar refractivity (Wildman–Crippen MR) is 110 cm³/mol. The summed E-state index contributed by atoms with van der Waals surface area (Å²) in [5.74, 6) is 1.68. The van der Waals surface area contributed by atoms with Crippen molar-refractivity contribution in [2.45, 2.75) is 0 Å². The van der Waals surface area contributed by atoms with Crippen LogP contribution in [0.3, 0.4) is 0 Å². The van der Waals surface area contributed by atoms with E-state index in [1.165, 1.54) is 23.4 Å². The van der Waals surface area contributed by atoms with Crippen LogP contribution in [0.5, 0.6) is 17.2 Å². The molecule has 1 aliphatic rings. The molecule has 0 fully saturated rings. The van der Waals surface area contributed by atoms with Crippen molar-refractivity contribution in [3.05, 3.63) is 70.9 Å². The number of methoxy groups -OCH3 is 1. The minimum Gasteiger partial charge on any atom is -0.493 e. The molecule has 150 valence electrons. The molecule has 0 amide bonds. The van der Waals surface area contributed by atoms with Crippen LogP contribution < -0.4 is 19.8 Å². The number of hydrogen-bond acceptors (Lipinski definition) is 7. The van der Waals surface area contributed by atoms with Crippen LogP contribution in [-0.4, -0.2) is 46.0 Å². The van der Waals surface area contributed by atoms with Gasteiger partial charge in [0.15, 0.2) is 17.1 Å². The number of rotatable bonds is 4. The summed E-state index contributed by atoms with van der Waals surface area (Å²) < 4.78 is 19.4. The molecule has 0 saturated carbocycles. The molecule has 3 heterocycles. The Bertz CT molecular complexity index is 1290. The lowest BCUT2D eigenvalue weighted by atomic mass is 10.2. The molecular weight excluding hydrogens is 386 g/mol. The van der Waals surface area contributed by atoms with Crippen LogP contribution in [0.2, 0.25) is 0 Å². The van der Waals surface area contributed by atoms with Gasteiger partial charge in [0.1, 0.15) is 24.9 Å². The molecule has 30 heavy (non-hydrogen) atoms. The zero-order chi connectivity index (χ0) is 20.5. The van der Waals surface area contributed by atoms with E-state index in [4.69, 9.17) is 14.2 Å². The van der Waals surface area contributed by atoms with Crippen molar-refractivity contribution in [2.24, 2.45) is 5.10 Å². The number of fused-ring (bicyclic) bond motifs is 2. The number of benzene rings is 2. The first-order valence-electron chi connectivity index (χ1n) is 9.27. The van der Waals surface area contributed by atoms with Gasteiger partial charge in [-0.2, -0.15) is 14.9 Å². The lowest BCUT2D eigenvalue weighted by molar-refractivity contribution is 0.165. The average Bonchev–Trinajstić information content (AvgIpc) is 3.23. The Morgan fingerprint density at radius 3 is 2.83 bits per heavy atom. The SMILES string of the molecule is COc1cc(/C=N\n2cnc3c(cnn3-c3ccccc3)c2=O)cc2c1OCCO2. The Morgan fingerprint density at radius 2 is 2.00 bits per heavy atom. The summed E-state index contributed by atoms with van der Waals surface area (Å²) in [5, 5.41) is 8.93. The van der Waals surface area contributed by atoms with Crippen LogP contribution in [-0.2, 0) is 0 Å². The molecule has 2 aromatic heterocycles. The summed E-state index contributed by atoms with van der Waals surface area (Å²) in [4.78, 5) is 17.2. The molecule has 0 spiro atoms. The van der Waals surface area contributed by atoms with Gasteiger partial charge in [0.25, 0.3) is 5.56 Å². The largest absolute Gasteiger partial charge is 0.493 e. The van der Waals surface area contributed by atoms with Crippen molar-refractivity contribution in [1.82, 2.24) is 19.4 Å². The van der Waals surface area contributed by atoms with Gasteiger partial charge in [0.2, 0.25) is 5.75 Å². The maximum Gasteiger partial charge on any atom is 0.285 e. The van der Waals surface area contributed by atoms with Crippen LogP contribution in [0.1, 0.15) is 5.56 Å². The number of hydrogen-bond donors (Lipinski definition) is 0. The number of para-hydroxylation sites is 1. The molecular formula is C21H17N5O4. The molecule has 9 nitrogen and oxygen atoms in total. The summed E-state index contributed by atoms with van der Waals surface area (Å²) in [6.07, 6.45) is 4.41. The average molecular weight is 403 g/mol. The minimum atomic E-state index is -0.317. The highest BCUT2D eigenvalue weighted by Crippen LogP contribution is 2.39. The number of nitrogens with zero attached hydrogens (tertiary/aromatic N) is 5. The second-order valence-corrected chi connectivity index (χ2v) is 6.52. The Balaban J connectivity index is 1.51. The van der Waals surface area contributed by atoms with Crippen molar-refractivity contribution in [2.75, 3.05) is 20.3 Å². The molecule has 0 saturated heterocycles. The van der Waals surface area contributed by atoms with Gasteiger partial charge in [-0.15, -0.1) is 0 Å². The number of ether oxygens (including phenoxy) is 3. The summed E-state index contributed by atoms with van der Waals surface area (Å²) in [6, 6.07) is 13.1. The number of aromatic nitrogens is 4. The van der Waals surface area contributed by atoms with Gasteiger partial charge in [0.05, 0.1) is 25.2 Å². The van der Waals surface area contributed by atoms with E-state index in [0.29, 0.717) is 47.1 Å². The first-order chi connectivity index (χ1) is 14.7. The van der Waals surface area contributed by atoms with E-state index in [-0.39, 0.29) is 5.56 Å². The van der Waals surface area contributed by atoms with Crippen molar-refractivity contribution in [3.8, 4) is 22.9 Å². The molecule has 9 heteroatoms. The fraction of sp³-hybridized carbons (Fsp3) is 0.143. The van der Waals surface area contributed by atoms with E-state index < -0.39 is 0 Å². The van der Waals surface area contributed by atoms with E-state index >= 15 is 0 Å². The fourth-order valence-corrected chi connectivity index (χ4v) is 3.24. The van der Waals surface area contributed by atoms with E-state index in [1.807, 2.05) is 30.3 Å². The smallest absolute Gasteiger partial charge is 0.285 e. The molecule has 0 unspecified atom stereocenters. The predicted octanol–water partition coefficient (Wildman–Crippen LogP) is 2.24. The standard InChI is InChI=1S/C21H17N5O4/c1-28-17-9-14(10-18-19(17)30-8-7-29-18)11-23-25-13-22-20-16(21(25)27)12-24-26(20)15-5-3-2-4-6-15/h2-6,9-13H,7-8H2,1H3/b23-11-.